The Balaban J connectivity index is 1.50. The third-order valence-corrected chi connectivity index (χ3v) is 4.28. The summed E-state index contributed by atoms with van der Waals surface area (Å²) in [5, 5.41) is 5.62. The second kappa shape index (κ2) is 9.19. The van der Waals surface area contributed by atoms with Gasteiger partial charge in [0.15, 0.2) is 6.61 Å². The van der Waals surface area contributed by atoms with Crippen LogP contribution in [0.4, 0.5) is 5.69 Å². The van der Waals surface area contributed by atoms with Crippen molar-refractivity contribution in [1.29, 1.82) is 0 Å². The molecule has 6 heteroatoms. The second-order valence-electron chi connectivity index (χ2n) is 6.58. The van der Waals surface area contributed by atoms with Crippen LogP contribution in [-0.4, -0.2) is 37.7 Å². The van der Waals surface area contributed by atoms with E-state index in [2.05, 4.69) is 10.6 Å². The molecule has 0 bridgehead atoms. The van der Waals surface area contributed by atoms with E-state index in [1.807, 2.05) is 25.1 Å². The summed E-state index contributed by atoms with van der Waals surface area (Å²) in [7, 11) is 0. The lowest BCUT2D eigenvalue weighted by Crippen LogP contribution is -2.31. The van der Waals surface area contributed by atoms with E-state index in [1.54, 1.807) is 30.3 Å². The maximum atomic E-state index is 12.3. The van der Waals surface area contributed by atoms with Crippen LogP contribution < -0.4 is 15.4 Å². The fraction of sp³-hybridized carbons (Fsp3) is 0.333. The Morgan fingerprint density at radius 2 is 2.04 bits per heavy atom. The van der Waals surface area contributed by atoms with Crippen molar-refractivity contribution in [3.05, 3.63) is 59.7 Å². The average Bonchev–Trinajstić information content (AvgIpc) is 3.18. The Morgan fingerprint density at radius 1 is 1.19 bits per heavy atom. The van der Waals surface area contributed by atoms with Crippen molar-refractivity contribution in [2.75, 3.05) is 25.1 Å². The molecule has 0 aromatic heterocycles. The summed E-state index contributed by atoms with van der Waals surface area (Å²) in [6.45, 7) is 3.12. The number of anilines is 1. The molecule has 1 heterocycles. The summed E-state index contributed by atoms with van der Waals surface area (Å²) in [5.41, 5.74) is 2.11. The molecule has 0 spiro atoms. The number of ether oxygens (including phenoxy) is 2. The van der Waals surface area contributed by atoms with E-state index in [0.29, 0.717) is 23.5 Å². The van der Waals surface area contributed by atoms with Crippen molar-refractivity contribution in [2.45, 2.75) is 25.9 Å². The van der Waals surface area contributed by atoms with Crippen LogP contribution in [0.1, 0.15) is 28.8 Å². The van der Waals surface area contributed by atoms with Crippen LogP contribution in [-0.2, 0) is 9.53 Å². The van der Waals surface area contributed by atoms with Crippen LogP contribution in [0.3, 0.4) is 0 Å². The van der Waals surface area contributed by atoms with E-state index in [4.69, 9.17) is 9.47 Å². The lowest BCUT2D eigenvalue weighted by molar-refractivity contribution is -0.118. The first-order valence-electron chi connectivity index (χ1n) is 9.09. The lowest BCUT2D eigenvalue weighted by Gasteiger charge is -2.12. The lowest BCUT2D eigenvalue weighted by atomic mass is 10.1. The van der Waals surface area contributed by atoms with Crippen molar-refractivity contribution in [3.8, 4) is 5.75 Å². The summed E-state index contributed by atoms with van der Waals surface area (Å²) in [4.78, 5) is 24.4. The maximum Gasteiger partial charge on any atom is 0.262 e. The van der Waals surface area contributed by atoms with Crippen LogP contribution in [0.2, 0.25) is 0 Å². The van der Waals surface area contributed by atoms with Gasteiger partial charge in [0.2, 0.25) is 0 Å². The van der Waals surface area contributed by atoms with Gasteiger partial charge in [-0.25, -0.2) is 0 Å². The van der Waals surface area contributed by atoms with Gasteiger partial charge in [0, 0.05) is 24.4 Å². The Hall–Kier alpha value is -2.86. The number of rotatable bonds is 7. The van der Waals surface area contributed by atoms with Crippen LogP contribution in [0.25, 0.3) is 0 Å². The van der Waals surface area contributed by atoms with E-state index in [1.165, 1.54) is 0 Å². The highest BCUT2D eigenvalue weighted by Gasteiger charge is 2.17. The van der Waals surface area contributed by atoms with Crippen molar-refractivity contribution < 1.29 is 19.1 Å². The third kappa shape index (κ3) is 5.82. The summed E-state index contributed by atoms with van der Waals surface area (Å²) in [5.74, 6) is 0.179. The number of benzene rings is 2. The summed E-state index contributed by atoms with van der Waals surface area (Å²) < 4.78 is 11.0. The molecule has 1 aliphatic heterocycles. The van der Waals surface area contributed by atoms with Crippen LogP contribution in [0.5, 0.6) is 5.75 Å². The standard InChI is InChI=1S/C21H24N2O4/c1-15-5-2-8-18(11-15)27-14-20(24)23-17-7-3-6-16(12-17)21(25)22-13-19-9-4-10-26-19/h2-3,5-8,11-12,19H,4,9-10,13-14H2,1H3,(H,22,25)(H,23,24)/t19-/m0/s1. The monoisotopic (exact) mass is 368 g/mol. The van der Waals surface area contributed by atoms with Gasteiger partial charge in [-0.1, -0.05) is 18.2 Å². The number of hydrogen-bond donors (Lipinski definition) is 2. The normalized spacial score (nSPS) is 16.0. The molecule has 1 saturated heterocycles. The zero-order valence-electron chi connectivity index (χ0n) is 15.4. The molecule has 3 rings (SSSR count). The van der Waals surface area contributed by atoms with Gasteiger partial charge >= 0.3 is 0 Å². The zero-order chi connectivity index (χ0) is 19.1. The molecule has 2 amide bonds. The second-order valence-corrected chi connectivity index (χ2v) is 6.58. The summed E-state index contributed by atoms with van der Waals surface area (Å²) in [6.07, 6.45) is 2.10. The Kier molecular flexibility index (Phi) is 6.44. The molecule has 2 N–H and O–H groups in total. The van der Waals surface area contributed by atoms with Gasteiger partial charge in [-0.2, -0.15) is 0 Å². The molecular formula is C21H24N2O4. The Bertz CT molecular complexity index is 800. The summed E-state index contributed by atoms with van der Waals surface area (Å²) in [6, 6.07) is 14.3. The largest absolute Gasteiger partial charge is 0.484 e. The van der Waals surface area contributed by atoms with Crippen LogP contribution in [0.15, 0.2) is 48.5 Å². The molecule has 0 unspecified atom stereocenters. The number of hydrogen-bond acceptors (Lipinski definition) is 4. The first-order chi connectivity index (χ1) is 13.1. The Labute approximate surface area is 158 Å². The van der Waals surface area contributed by atoms with Gasteiger partial charge in [-0.05, 0) is 55.7 Å². The quantitative estimate of drug-likeness (QED) is 0.788. The van der Waals surface area contributed by atoms with E-state index in [0.717, 1.165) is 25.0 Å². The van der Waals surface area contributed by atoms with Gasteiger partial charge in [0.1, 0.15) is 5.75 Å². The average molecular weight is 368 g/mol. The highest BCUT2D eigenvalue weighted by molar-refractivity contribution is 5.97. The van der Waals surface area contributed by atoms with Gasteiger partial charge in [0.05, 0.1) is 6.10 Å². The number of aryl methyl sites for hydroxylation is 1. The molecule has 0 radical (unpaired) electrons. The zero-order valence-corrected chi connectivity index (χ0v) is 15.4. The molecule has 142 valence electrons. The minimum Gasteiger partial charge on any atom is -0.484 e. The van der Waals surface area contributed by atoms with Crippen LogP contribution in [0, 0.1) is 6.92 Å². The first-order valence-corrected chi connectivity index (χ1v) is 9.09. The van der Waals surface area contributed by atoms with E-state index < -0.39 is 0 Å². The fourth-order valence-electron chi connectivity index (χ4n) is 2.90. The molecule has 2 aromatic rings. The molecule has 0 saturated carbocycles. The topological polar surface area (TPSA) is 76.7 Å². The number of nitrogens with one attached hydrogen (secondary N) is 2. The molecule has 2 aromatic carbocycles. The SMILES string of the molecule is Cc1cccc(OCC(=O)Nc2cccc(C(=O)NC[C@@H]3CCCO3)c2)c1. The number of amides is 2. The molecular weight excluding hydrogens is 344 g/mol. The minimum absolute atomic E-state index is 0.0932. The predicted molar refractivity (Wildman–Crippen MR) is 103 cm³/mol. The van der Waals surface area contributed by atoms with Crippen LogP contribution >= 0.6 is 0 Å². The van der Waals surface area contributed by atoms with E-state index >= 15 is 0 Å². The van der Waals surface area contributed by atoms with Crippen molar-refractivity contribution in [2.24, 2.45) is 0 Å². The predicted octanol–water partition coefficient (Wildman–Crippen LogP) is 2.92. The van der Waals surface area contributed by atoms with Crippen molar-refractivity contribution in [1.82, 2.24) is 5.32 Å². The molecule has 1 fully saturated rings. The van der Waals surface area contributed by atoms with Gasteiger partial charge in [0.25, 0.3) is 11.8 Å². The highest BCUT2D eigenvalue weighted by Crippen LogP contribution is 2.14. The molecule has 1 aliphatic rings. The molecule has 27 heavy (non-hydrogen) atoms. The third-order valence-electron chi connectivity index (χ3n) is 4.28. The molecule has 0 aliphatic carbocycles. The van der Waals surface area contributed by atoms with Gasteiger partial charge < -0.3 is 20.1 Å². The van der Waals surface area contributed by atoms with Crippen molar-refractivity contribution >= 4 is 17.5 Å². The fourth-order valence-corrected chi connectivity index (χ4v) is 2.90. The van der Waals surface area contributed by atoms with Gasteiger partial charge in [-0.3, -0.25) is 9.59 Å². The summed E-state index contributed by atoms with van der Waals surface area (Å²) >= 11 is 0. The smallest absolute Gasteiger partial charge is 0.262 e. The number of carbonyl (C=O) groups excluding carboxylic acids is 2. The Morgan fingerprint density at radius 3 is 2.81 bits per heavy atom. The highest BCUT2D eigenvalue weighted by atomic mass is 16.5. The minimum atomic E-state index is -0.284. The van der Waals surface area contributed by atoms with E-state index in [-0.39, 0.29) is 24.5 Å². The van der Waals surface area contributed by atoms with Gasteiger partial charge in [-0.15, -0.1) is 0 Å². The first kappa shape index (κ1) is 18.9. The maximum absolute atomic E-state index is 12.3. The molecule has 6 nitrogen and oxygen atoms in total. The van der Waals surface area contributed by atoms with E-state index in [9.17, 15) is 9.59 Å². The molecule has 1 atom stereocenters. The number of carbonyl (C=O) groups is 2. The van der Waals surface area contributed by atoms with Crippen molar-refractivity contribution in [3.63, 3.8) is 0 Å².